The summed E-state index contributed by atoms with van der Waals surface area (Å²) in [6, 6.07) is 14.6. The molecule has 0 saturated carbocycles. The molecule has 0 atom stereocenters. The number of hydrogen-bond acceptors (Lipinski definition) is 4. The van der Waals surface area contributed by atoms with Crippen molar-refractivity contribution in [1.29, 1.82) is 0 Å². The van der Waals surface area contributed by atoms with Crippen molar-refractivity contribution in [3.63, 3.8) is 0 Å². The van der Waals surface area contributed by atoms with Crippen LogP contribution < -0.4 is 20.1 Å². The van der Waals surface area contributed by atoms with E-state index in [0.29, 0.717) is 17.2 Å². The summed E-state index contributed by atoms with van der Waals surface area (Å²) in [5, 5.41) is 5.77. The highest BCUT2D eigenvalue weighted by Crippen LogP contribution is 2.23. The molecule has 110 valence electrons. The molecule has 0 fully saturated rings. The number of amides is 1. The minimum atomic E-state index is -0.239. The van der Waals surface area contributed by atoms with Crippen LogP contribution >= 0.6 is 0 Å². The van der Waals surface area contributed by atoms with Gasteiger partial charge < -0.3 is 20.1 Å². The van der Waals surface area contributed by atoms with E-state index in [1.807, 2.05) is 43.4 Å². The number of methoxy groups -OCH3 is 1. The fourth-order valence-corrected chi connectivity index (χ4v) is 1.80. The normalized spacial score (nSPS) is 9.81. The fraction of sp³-hybridized carbons (Fsp3) is 0.188. The van der Waals surface area contributed by atoms with Gasteiger partial charge in [0.15, 0.2) is 6.61 Å². The van der Waals surface area contributed by atoms with Crippen LogP contribution in [0.4, 0.5) is 11.4 Å². The average molecular weight is 286 g/mol. The Morgan fingerprint density at radius 1 is 1.10 bits per heavy atom. The van der Waals surface area contributed by atoms with Crippen molar-refractivity contribution in [2.75, 3.05) is 31.4 Å². The van der Waals surface area contributed by atoms with Gasteiger partial charge >= 0.3 is 0 Å². The van der Waals surface area contributed by atoms with E-state index < -0.39 is 0 Å². The molecule has 0 saturated heterocycles. The van der Waals surface area contributed by atoms with Crippen LogP contribution in [0.5, 0.6) is 11.5 Å². The molecule has 0 aromatic heterocycles. The molecule has 5 nitrogen and oxygen atoms in total. The molecule has 1 amide bonds. The van der Waals surface area contributed by atoms with Crippen molar-refractivity contribution in [2.24, 2.45) is 0 Å². The number of anilines is 2. The molecule has 0 unspecified atom stereocenters. The Hall–Kier alpha value is -2.69. The Kier molecular flexibility index (Phi) is 5.04. The zero-order valence-corrected chi connectivity index (χ0v) is 12.1. The molecule has 0 aliphatic carbocycles. The first-order valence-corrected chi connectivity index (χ1v) is 6.56. The number of rotatable bonds is 6. The van der Waals surface area contributed by atoms with Gasteiger partial charge in [-0.1, -0.05) is 12.1 Å². The smallest absolute Gasteiger partial charge is 0.262 e. The Bertz CT molecular complexity index is 597. The molecule has 21 heavy (non-hydrogen) atoms. The highest BCUT2D eigenvalue weighted by Gasteiger charge is 2.07. The highest BCUT2D eigenvalue weighted by atomic mass is 16.5. The Labute approximate surface area is 123 Å². The summed E-state index contributed by atoms with van der Waals surface area (Å²) in [5.41, 5.74) is 1.61. The number of carbonyl (C=O) groups excluding carboxylic acids is 1. The molecule has 0 aliphatic heterocycles. The monoisotopic (exact) mass is 286 g/mol. The molecule has 0 aliphatic rings. The summed E-state index contributed by atoms with van der Waals surface area (Å²) in [6.07, 6.45) is 0. The lowest BCUT2D eigenvalue weighted by molar-refractivity contribution is -0.118. The maximum absolute atomic E-state index is 11.9. The maximum atomic E-state index is 11.9. The summed E-state index contributed by atoms with van der Waals surface area (Å²) in [7, 11) is 3.40. The van der Waals surface area contributed by atoms with E-state index in [1.165, 1.54) is 0 Å². The quantitative estimate of drug-likeness (QED) is 0.857. The molecule has 0 bridgehead atoms. The molecule has 2 N–H and O–H groups in total. The first-order valence-electron chi connectivity index (χ1n) is 6.56. The zero-order chi connectivity index (χ0) is 15.1. The Morgan fingerprint density at radius 3 is 2.48 bits per heavy atom. The number of ether oxygens (including phenoxy) is 2. The van der Waals surface area contributed by atoms with E-state index in [9.17, 15) is 4.79 Å². The largest absolute Gasteiger partial charge is 0.495 e. The van der Waals surface area contributed by atoms with Crippen molar-refractivity contribution in [3.05, 3.63) is 48.5 Å². The third kappa shape index (κ3) is 4.14. The van der Waals surface area contributed by atoms with Gasteiger partial charge in [0.05, 0.1) is 12.8 Å². The van der Waals surface area contributed by atoms with E-state index >= 15 is 0 Å². The molecular weight excluding hydrogens is 268 g/mol. The third-order valence-electron chi connectivity index (χ3n) is 2.89. The van der Waals surface area contributed by atoms with E-state index in [0.717, 1.165) is 5.69 Å². The fourth-order valence-electron chi connectivity index (χ4n) is 1.80. The summed E-state index contributed by atoms with van der Waals surface area (Å²) in [6.45, 7) is -0.0586. The standard InChI is InChI=1S/C16H18N2O3/c1-17-12-7-9-13(10-8-12)21-11-16(19)18-14-5-3-4-6-15(14)20-2/h3-10,17H,11H2,1-2H3,(H,18,19). The SMILES string of the molecule is CNc1ccc(OCC(=O)Nc2ccccc2OC)cc1. The van der Waals surface area contributed by atoms with Crippen LogP contribution in [-0.4, -0.2) is 26.7 Å². The zero-order valence-electron chi connectivity index (χ0n) is 12.1. The second-order valence-corrected chi connectivity index (χ2v) is 4.31. The Balaban J connectivity index is 1.89. The average Bonchev–Trinajstić information content (AvgIpc) is 2.54. The molecular formula is C16H18N2O3. The van der Waals surface area contributed by atoms with Crippen LogP contribution in [0, 0.1) is 0 Å². The van der Waals surface area contributed by atoms with Crippen LogP contribution in [0.25, 0.3) is 0 Å². The lowest BCUT2D eigenvalue weighted by Gasteiger charge is -2.10. The lowest BCUT2D eigenvalue weighted by Crippen LogP contribution is -2.20. The van der Waals surface area contributed by atoms with Gasteiger partial charge in [-0.15, -0.1) is 0 Å². The van der Waals surface area contributed by atoms with E-state index in [1.54, 1.807) is 19.2 Å². The van der Waals surface area contributed by atoms with Gasteiger partial charge in [0.25, 0.3) is 5.91 Å². The van der Waals surface area contributed by atoms with Gasteiger partial charge in [-0.2, -0.15) is 0 Å². The summed E-state index contributed by atoms with van der Waals surface area (Å²) < 4.78 is 10.6. The minimum absolute atomic E-state index is 0.0586. The predicted octanol–water partition coefficient (Wildman–Crippen LogP) is 2.75. The van der Waals surface area contributed by atoms with Crippen LogP contribution in [0.3, 0.4) is 0 Å². The van der Waals surface area contributed by atoms with Crippen molar-refractivity contribution in [3.8, 4) is 11.5 Å². The third-order valence-corrected chi connectivity index (χ3v) is 2.89. The second-order valence-electron chi connectivity index (χ2n) is 4.31. The summed E-state index contributed by atoms with van der Waals surface area (Å²) >= 11 is 0. The molecule has 2 rings (SSSR count). The van der Waals surface area contributed by atoms with E-state index in [2.05, 4.69) is 10.6 Å². The van der Waals surface area contributed by atoms with E-state index in [4.69, 9.17) is 9.47 Å². The number of benzene rings is 2. The molecule has 0 spiro atoms. The predicted molar refractivity (Wildman–Crippen MR) is 83.1 cm³/mol. The summed E-state index contributed by atoms with van der Waals surface area (Å²) in [4.78, 5) is 11.9. The number of nitrogens with one attached hydrogen (secondary N) is 2. The second kappa shape index (κ2) is 7.19. The number of carbonyl (C=O) groups is 1. The van der Waals surface area contributed by atoms with Gasteiger partial charge in [-0.25, -0.2) is 0 Å². The Morgan fingerprint density at radius 2 is 1.81 bits per heavy atom. The van der Waals surface area contributed by atoms with Gasteiger partial charge in [-0.05, 0) is 36.4 Å². The number of para-hydroxylation sites is 2. The maximum Gasteiger partial charge on any atom is 0.262 e. The lowest BCUT2D eigenvalue weighted by atomic mass is 10.3. The van der Waals surface area contributed by atoms with Gasteiger partial charge in [0.2, 0.25) is 0 Å². The first kappa shape index (κ1) is 14.7. The van der Waals surface area contributed by atoms with Crippen molar-refractivity contribution < 1.29 is 14.3 Å². The molecule has 0 radical (unpaired) electrons. The van der Waals surface area contributed by atoms with Crippen molar-refractivity contribution in [2.45, 2.75) is 0 Å². The molecule has 2 aromatic rings. The molecule has 0 heterocycles. The van der Waals surface area contributed by atoms with Gasteiger partial charge in [-0.3, -0.25) is 4.79 Å². The van der Waals surface area contributed by atoms with Crippen molar-refractivity contribution in [1.82, 2.24) is 0 Å². The molecule has 5 heteroatoms. The van der Waals surface area contributed by atoms with E-state index in [-0.39, 0.29) is 12.5 Å². The minimum Gasteiger partial charge on any atom is -0.495 e. The van der Waals surface area contributed by atoms with Crippen LogP contribution in [-0.2, 0) is 4.79 Å². The van der Waals surface area contributed by atoms with Crippen LogP contribution in [0.1, 0.15) is 0 Å². The van der Waals surface area contributed by atoms with Crippen LogP contribution in [0.2, 0.25) is 0 Å². The molecule has 2 aromatic carbocycles. The van der Waals surface area contributed by atoms with Crippen molar-refractivity contribution >= 4 is 17.3 Å². The number of hydrogen-bond donors (Lipinski definition) is 2. The van der Waals surface area contributed by atoms with Gasteiger partial charge in [0.1, 0.15) is 11.5 Å². The van der Waals surface area contributed by atoms with Crippen LogP contribution in [0.15, 0.2) is 48.5 Å². The first-order chi connectivity index (χ1) is 10.2. The van der Waals surface area contributed by atoms with Gasteiger partial charge in [0, 0.05) is 12.7 Å². The topological polar surface area (TPSA) is 59.6 Å². The highest BCUT2D eigenvalue weighted by molar-refractivity contribution is 5.93. The summed E-state index contributed by atoms with van der Waals surface area (Å²) in [5.74, 6) is 1.02.